The van der Waals surface area contributed by atoms with E-state index in [0.717, 1.165) is 43.5 Å². The lowest BCUT2D eigenvalue weighted by Gasteiger charge is -2.49. The first-order chi connectivity index (χ1) is 20.6. The number of hydrogen-bond acceptors (Lipinski definition) is 9. The highest BCUT2D eigenvalue weighted by Crippen LogP contribution is 2.41. The normalized spacial score (nSPS) is 19.7. The third-order valence-corrected chi connectivity index (χ3v) is 8.28. The van der Waals surface area contributed by atoms with Crippen LogP contribution in [0.25, 0.3) is 16.8 Å². The average molecular weight is 567 g/mol. The van der Waals surface area contributed by atoms with Gasteiger partial charge in [0.15, 0.2) is 0 Å². The predicted octanol–water partition coefficient (Wildman–Crippen LogP) is 5.02. The van der Waals surface area contributed by atoms with Gasteiger partial charge in [-0.1, -0.05) is 0 Å². The van der Waals surface area contributed by atoms with Gasteiger partial charge >= 0.3 is 0 Å². The fraction of sp³-hybridized carbons (Fsp3) is 0.419. The Kier molecular flexibility index (Phi) is 7.86. The van der Waals surface area contributed by atoms with Gasteiger partial charge in [-0.25, -0.2) is 14.5 Å². The summed E-state index contributed by atoms with van der Waals surface area (Å²) in [4.78, 5) is 28.9. The van der Waals surface area contributed by atoms with Crippen molar-refractivity contribution in [2.75, 3.05) is 23.9 Å². The number of piperidine rings is 2. The number of rotatable bonds is 9. The van der Waals surface area contributed by atoms with Crippen LogP contribution in [0.2, 0.25) is 0 Å². The van der Waals surface area contributed by atoms with Crippen LogP contribution < -0.4 is 19.7 Å². The van der Waals surface area contributed by atoms with E-state index in [2.05, 4.69) is 26.4 Å². The molecular formula is C31H34N8O3. The lowest BCUT2D eigenvalue weighted by molar-refractivity contribution is -0.116. The monoisotopic (exact) mass is 566 g/mol. The molecule has 4 aromatic heterocycles. The van der Waals surface area contributed by atoms with Crippen molar-refractivity contribution in [1.29, 1.82) is 5.26 Å². The topological polar surface area (TPSA) is 131 Å². The molecule has 0 aromatic carbocycles. The Labute approximate surface area is 244 Å². The first-order valence-electron chi connectivity index (χ1n) is 14.5. The van der Waals surface area contributed by atoms with Gasteiger partial charge in [0.1, 0.15) is 17.6 Å². The maximum Gasteiger partial charge on any atom is 0.224 e. The highest BCUT2D eigenvalue weighted by Gasteiger charge is 2.39. The van der Waals surface area contributed by atoms with Gasteiger partial charge in [0.2, 0.25) is 11.8 Å². The van der Waals surface area contributed by atoms with Crippen molar-refractivity contribution in [1.82, 2.24) is 24.6 Å². The maximum atomic E-state index is 12.6. The minimum atomic E-state index is 0.0104. The first kappa shape index (κ1) is 27.4. The summed E-state index contributed by atoms with van der Waals surface area (Å²) in [6.45, 7) is 2.45. The quantitative estimate of drug-likeness (QED) is 0.297. The molecule has 1 amide bonds. The van der Waals surface area contributed by atoms with Gasteiger partial charge in [0.05, 0.1) is 67.2 Å². The van der Waals surface area contributed by atoms with Gasteiger partial charge in [-0.05, 0) is 63.5 Å². The van der Waals surface area contributed by atoms with E-state index in [4.69, 9.17) is 19.4 Å². The highest BCUT2D eigenvalue weighted by molar-refractivity contribution is 5.90. The molecule has 2 aliphatic rings. The number of nitriles is 1. The van der Waals surface area contributed by atoms with Crippen molar-refractivity contribution in [3.63, 3.8) is 0 Å². The molecule has 2 atom stereocenters. The number of pyridine rings is 2. The number of ether oxygens (including phenoxy) is 2. The molecule has 4 aromatic rings. The van der Waals surface area contributed by atoms with Crippen molar-refractivity contribution in [2.24, 2.45) is 5.92 Å². The minimum Gasteiger partial charge on any atom is -0.492 e. The van der Waals surface area contributed by atoms with E-state index >= 15 is 0 Å². The van der Waals surface area contributed by atoms with Crippen molar-refractivity contribution < 1.29 is 14.3 Å². The lowest BCUT2D eigenvalue weighted by atomic mass is 9.76. The Balaban J connectivity index is 1.14. The van der Waals surface area contributed by atoms with Crippen molar-refractivity contribution in [3.05, 3.63) is 54.7 Å². The second kappa shape index (κ2) is 12.0. The zero-order valence-corrected chi connectivity index (χ0v) is 23.9. The second-order valence-electron chi connectivity index (χ2n) is 10.9. The standard InChI is InChI=1S/C31H34N8O3/c1-3-42-25-13-26(31-21(14-32)15-36-38(31)19-25)27-17-34-28(18-33-27)39-23-5-4-6-24(39)12-20(11-23)7-9-29(40)37-22-8-10-30(41-2)35-16-22/h8,10,13,15-20,23-24H,3-7,9,11-12H2,1-2H3,(H,37,40). The number of anilines is 2. The van der Waals surface area contributed by atoms with E-state index < -0.39 is 0 Å². The summed E-state index contributed by atoms with van der Waals surface area (Å²) in [5.41, 5.74) is 3.27. The van der Waals surface area contributed by atoms with Crippen molar-refractivity contribution >= 4 is 22.9 Å². The molecule has 2 bridgehead atoms. The Morgan fingerprint density at radius 3 is 2.62 bits per heavy atom. The average Bonchev–Trinajstić information content (AvgIpc) is 3.43. The third kappa shape index (κ3) is 5.57. The second-order valence-corrected chi connectivity index (χ2v) is 10.9. The highest BCUT2D eigenvalue weighted by atomic mass is 16.5. The van der Waals surface area contributed by atoms with Crippen LogP contribution in [0.3, 0.4) is 0 Å². The smallest absolute Gasteiger partial charge is 0.224 e. The Morgan fingerprint density at radius 1 is 1.12 bits per heavy atom. The number of hydrogen-bond donors (Lipinski definition) is 1. The van der Waals surface area contributed by atoms with Gasteiger partial charge in [-0.15, -0.1) is 0 Å². The fourth-order valence-corrected chi connectivity index (χ4v) is 6.45. The molecular weight excluding hydrogens is 532 g/mol. The van der Waals surface area contributed by atoms with E-state index in [9.17, 15) is 10.1 Å². The number of methoxy groups -OCH3 is 1. The molecule has 2 aliphatic heterocycles. The summed E-state index contributed by atoms with van der Waals surface area (Å²) in [7, 11) is 1.57. The summed E-state index contributed by atoms with van der Waals surface area (Å²) in [6, 6.07) is 8.42. The summed E-state index contributed by atoms with van der Waals surface area (Å²) < 4.78 is 12.5. The third-order valence-electron chi connectivity index (χ3n) is 8.28. The van der Waals surface area contributed by atoms with Crippen LogP contribution in [0, 0.1) is 17.2 Å². The number of nitrogens with zero attached hydrogens (tertiary/aromatic N) is 7. The summed E-state index contributed by atoms with van der Waals surface area (Å²) >= 11 is 0. The van der Waals surface area contributed by atoms with Crippen LogP contribution in [0.4, 0.5) is 11.5 Å². The SMILES string of the molecule is CCOc1cc(-c2cnc(N3C4CCCC3CC(CCC(=O)Nc3ccc(OC)nc3)C4)cn2)c2c(C#N)cnn2c1. The molecule has 11 nitrogen and oxygen atoms in total. The Hall–Kier alpha value is -4.72. The number of amides is 1. The number of carbonyl (C=O) groups is 1. The number of carbonyl (C=O) groups excluding carboxylic acids is 1. The lowest BCUT2D eigenvalue weighted by Crippen LogP contribution is -2.52. The van der Waals surface area contributed by atoms with Crippen LogP contribution in [-0.4, -0.2) is 56.3 Å². The summed E-state index contributed by atoms with van der Waals surface area (Å²) in [5.74, 6) is 2.55. The molecule has 42 heavy (non-hydrogen) atoms. The molecule has 216 valence electrons. The zero-order valence-electron chi connectivity index (χ0n) is 23.9. The van der Waals surface area contributed by atoms with Crippen LogP contribution in [0.5, 0.6) is 11.6 Å². The minimum absolute atomic E-state index is 0.0104. The van der Waals surface area contributed by atoms with Crippen molar-refractivity contribution in [3.8, 4) is 29.0 Å². The van der Waals surface area contributed by atoms with Gasteiger partial charge in [-0.2, -0.15) is 10.4 Å². The van der Waals surface area contributed by atoms with Crippen LogP contribution in [-0.2, 0) is 4.79 Å². The van der Waals surface area contributed by atoms with Crippen LogP contribution in [0.15, 0.2) is 49.2 Å². The Bertz CT molecular complexity index is 1580. The maximum absolute atomic E-state index is 12.6. The van der Waals surface area contributed by atoms with Gasteiger partial charge in [-0.3, -0.25) is 9.78 Å². The molecule has 6 rings (SSSR count). The summed E-state index contributed by atoms with van der Waals surface area (Å²) in [6.07, 6.45) is 15.4. The molecule has 2 unspecified atom stereocenters. The molecule has 1 N–H and O–H groups in total. The van der Waals surface area contributed by atoms with Crippen LogP contribution >= 0.6 is 0 Å². The number of fused-ring (bicyclic) bond motifs is 3. The molecule has 0 spiro atoms. The van der Waals surface area contributed by atoms with E-state index in [1.807, 2.05) is 19.2 Å². The molecule has 11 heteroatoms. The van der Waals surface area contributed by atoms with E-state index in [1.165, 1.54) is 6.42 Å². The molecule has 0 aliphatic carbocycles. The largest absolute Gasteiger partial charge is 0.492 e. The number of aromatic nitrogens is 5. The fourth-order valence-electron chi connectivity index (χ4n) is 6.45. The zero-order chi connectivity index (χ0) is 29.1. The molecule has 0 saturated carbocycles. The summed E-state index contributed by atoms with van der Waals surface area (Å²) in [5, 5.41) is 16.9. The predicted molar refractivity (Wildman–Crippen MR) is 157 cm³/mol. The molecule has 2 fully saturated rings. The van der Waals surface area contributed by atoms with Crippen LogP contribution in [0.1, 0.15) is 57.4 Å². The molecule has 2 saturated heterocycles. The Morgan fingerprint density at radius 2 is 1.95 bits per heavy atom. The van der Waals surface area contributed by atoms with E-state index in [1.54, 1.807) is 48.5 Å². The van der Waals surface area contributed by atoms with E-state index in [0.29, 0.717) is 65.1 Å². The molecule has 6 heterocycles. The first-order valence-corrected chi connectivity index (χ1v) is 14.5. The van der Waals surface area contributed by atoms with Gasteiger partial charge in [0, 0.05) is 30.1 Å². The van der Waals surface area contributed by atoms with Gasteiger partial charge in [0.25, 0.3) is 0 Å². The van der Waals surface area contributed by atoms with Gasteiger partial charge < -0.3 is 19.7 Å². The van der Waals surface area contributed by atoms with E-state index in [-0.39, 0.29) is 5.91 Å². The number of nitrogens with one attached hydrogen (secondary N) is 1. The van der Waals surface area contributed by atoms with Crippen molar-refractivity contribution in [2.45, 2.75) is 64.0 Å². The molecule has 0 radical (unpaired) electrons.